The van der Waals surface area contributed by atoms with Crippen molar-refractivity contribution in [1.82, 2.24) is 9.97 Å². The Hall–Kier alpha value is -1.03. The standard InChI is InChI=1S/C6H7N3S/c1-4-2-8-6(5(7)10)9-3-4/h2-3H,1H3,(H2,7,10). The molecule has 52 valence electrons. The first-order valence-corrected chi connectivity index (χ1v) is 3.19. The third-order valence-electron chi connectivity index (χ3n) is 1.00. The van der Waals surface area contributed by atoms with Crippen LogP contribution in [0.4, 0.5) is 0 Å². The molecule has 1 aromatic rings. The van der Waals surface area contributed by atoms with E-state index in [1.165, 1.54) is 0 Å². The molecular formula is C6H7N3S. The summed E-state index contributed by atoms with van der Waals surface area (Å²) in [6.07, 6.45) is 3.36. The molecule has 0 saturated heterocycles. The number of nitrogens with zero attached hydrogens (tertiary/aromatic N) is 2. The molecule has 3 nitrogen and oxygen atoms in total. The third kappa shape index (κ3) is 1.48. The van der Waals surface area contributed by atoms with Crippen LogP contribution in [0.1, 0.15) is 11.4 Å². The van der Waals surface area contributed by atoms with Crippen molar-refractivity contribution < 1.29 is 0 Å². The molecule has 1 aromatic heterocycles. The minimum absolute atomic E-state index is 0.236. The number of thiocarbonyl (C=S) groups is 1. The summed E-state index contributed by atoms with van der Waals surface area (Å²) < 4.78 is 0. The quantitative estimate of drug-likeness (QED) is 0.594. The van der Waals surface area contributed by atoms with Gasteiger partial charge in [-0.05, 0) is 12.5 Å². The van der Waals surface area contributed by atoms with Gasteiger partial charge in [-0.3, -0.25) is 0 Å². The van der Waals surface area contributed by atoms with E-state index in [4.69, 9.17) is 5.73 Å². The second-order valence-electron chi connectivity index (χ2n) is 1.95. The molecule has 4 heteroatoms. The van der Waals surface area contributed by atoms with Gasteiger partial charge in [0.05, 0.1) is 0 Å². The summed E-state index contributed by atoms with van der Waals surface area (Å²) in [5.41, 5.74) is 6.27. The Morgan fingerprint density at radius 1 is 1.50 bits per heavy atom. The van der Waals surface area contributed by atoms with Crippen molar-refractivity contribution in [2.45, 2.75) is 6.92 Å². The highest BCUT2D eigenvalue weighted by Crippen LogP contribution is 1.92. The van der Waals surface area contributed by atoms with Gasteiger partial charge in [-0.15, -0.1) is 0 Å². The van der Waals surface area contributed by atoms with E-state index < -0.39 is 0 Å². The van der Waals surface area contributed by atoms with Crippen molar-refractivity contribution in [3.05, 3.63) is 23.8 Å². The maximum Gasteiger partial charge on any atom is 0.186 e. The average molecular weight is 153 g/mol. The zero-order valence-electron chi connectivity index (χ0n) is 5.53. The summed E-state index contributed by atoms with van der Waals surface area (Å²) in [6.45, 7) is 1.91. The predicted octanol–water partition coefficient (Wildman–Crippen LogP) is 0.419. The molecule has 0 fully saturated rings. The van der Waals surface area contributed by atoms with Crippen LogP contribution in [-0.4, -0.2) is 15.0 Å². The first-order chi connectivity index (χ1) is 4.70. The molecule has 0 amide bonds. The van der Waals surface area contributed by atoms with Crippen molar-refractivity contribution in [2.75, 3.05) is 0 Å². The van der Waals surface area contributed by atoms with E-state index in [9.17, 15) is 0 Å². The predicted molar refractivity (Wildman–Crippen MR) is 42.7 cm³/mol. The Morgan fingerprint density at radius 2 is 2.00 bits per heavy atom. The summed E-state index contributed by atoms with van der Waals surface area (Å²) in [7, 11) is 0. The minimum atomic E-state index is 0.236. The zero-order chi connectivity index (χ0) is 7.56. The van der Waals surface area contributed by atoms with Crippen LogP contribution in [0, 0.1) is 6.92 Å². The molecule has 0 saturated carbocycles. The van der Waals surface area contributed by atoms with Crippen LogP contribution in [0.5, 0.6) is 0 Å². The zero-order valence-corrected chi connectivity index (χ0v) is 6.35. The first kappa shape index (κ1) is 7.08. The average Bonchev–Trinajstić information content (AvgIpc) is 1.88. The molecular weight excluding hydrogens is 146 g/mol. The Kier molecular flexibility index (Phi) is 1.91. The lowest BCUT2D eigenvalue weighted by Crippen LogP contribution is -2.13. The fourth-order valence-corrected chi connectivity index (χ4v) is 0.625. The fraction of sp³-hybridized carbons (Fsp3) is 0.167. The van der Waals surface area contributed by atoms with Gasteiger partial charge in [0.25, 0.3) is 0 Å². The summed E-state index contributed by atoms with van der Waals surface area (Å²) in [5.74, 6) is 0.431. The van der Waals surface area contributed by atoms with Crippen LogP contribution in [0.25, 0.3) is 0 Å². The van der Waals surface area contributed by atoms with Gasteiger partial charge in [0.2, 0.25) is 0 Å². The van der Waals surface area contributed by atoms with Crippen LogP contribution in [0.15, 0.2) is 12.4 Å². The van der Waals surface area contributed by atoms with Crippen molar-refractivity contribution in [1.29, 1.82) is 0 Å². The summed E-state index contributed by atoms with van der Waals surface area (Å²) in [4.78, 5) is 8.04. The van der Waals surface area contributed by atoms with Gasteiger partial charge >= 0.3 is 0 Å². The minimum Gasteiger partial charge on any atom is -0.387 e. The fourth-order valence-electron chi connectivity index (χ4n) is 0.520. The smallest absolute Gasteiger partial charge is 0.186 e. The maximum atomic E-state index is 5.27. The van der Waals surface area contributed by atoms with Gasteiger partial charge in [-0.1, -0.05) is 12.2 Å². The topological polar surface area (TPSA) is 51.8 Å². The SMILES string of the molecule is Cc1cnc(C(N)=S)nc1. The van der Waals surface area contributed by atoms with E-state index in [-0.39, 0.29) is 4.99 Å². The Labute approximate surface area is 64.3 Å². The lowest BCUT2D eigenvalue weighted by Gasteiger charge is -1.94. The van der Waals surface area contributed by atoms with Gasteiger partial charge in [0.1, 0.15) is 4.99 Å². The molecule has 0 spiro atoms. The van der Waals surface area contributed by atoms with E-state index in [2.05, 4.69) is 22.2 Å². The molecule has 1 heterocycles. The molecule has 0 aliphatic rings. The number of aromatic nitrogens is 2. The summed E-state index contributed by atoms with van der Waals surface area (Å²) in [6, 6.07) is 0. The molecule has 0 bridgehead atoms. The van der Waals surface area contributed by atoms with Crippen LogP contribution in [0.2, 0.25) is 0 Å². The molecule has 10 heavy (non-hydrogen) atoms. The van der Waals surface area contributed by atoms with Crippen molar-refractivity contribution >= 4 is 17.2 Å². The highest BCUT2D eigenvalue weighted by Gasteiger charge is 1.95. The molecule has 0 aliphatic heterocycles. The largest absolute Gasteiger partial charge is 0.387 e. The number of hydrogen-bond donors (Lipinski definition) is 1. The number of hydrogen-bond acceptors (Lipinski definition) is 3. The lowest BCUT2D eigenvalue weighted by molar-refractivity contribution is 1.10. The number of aryl methyl sites for hydroxylation is 1. The summed E-state index contributed by atoms with van der Waals surface area (Å²) in [5, 5.41) is 0. The molecule has 0 aromatic carbocycles. The summed E-state index contributed by atoms with van der Waals surface area (Å²) >= 11 is 4.66. The first-order valence-electron chi connectivity index (χ1n) is 2.78. The van der Waals surface area contributed by atoms with E-state index >= 15 is 0 Å². The highest BCUT2D eigenvalue weighted by molar-refractivity contribution is 7.80. The van der Waals surface area contributed by atoms with Crippen LogP contribution in [0.3, 0.4) is 0 Å². The Balaban J connectivity index is 3.00. The number of nitrogens with two attached hydrogens (primary N) is 1. The van der Waals surface area contributed by atoms with Gasteiger partial charge in [0, 0.05) is 12.4 Å². The molecule has 0 radical (unpaired) electrons. The van der Waals surface area contributed by atoms with E-state index in [0.717, 1.165) is 5.56 Å². The van der Waals surface area contributed by atoms with E-state index in [1.54, 1.807) is 12.4 Å². The van der Waals surface area contributed by atoms with Gasteiger partial charge in [0.15, 0.2) is 5.82 Å². The highest BCUT2D eigenvalue weighted by atomic mass is 32.1. The third-order valence-corrected chi connectivity index (χ3v) is 1.18. The Bertz CT molecular complexity index is 242. The molecule has 0 unspecified atom stereocenters. The second kappa shape index (κ2) is 2.70. The van der Waals surface area contributed by atoms with E-state index in [1.807, 2.05) is 6.92 Å². The normalized spacial score (nSPS) is 9.30. The van der Waals surface area contributed by atoms with Crippen LogP contribution >= 0.6 is 12.2 Å². The van der Waals surface area contributed by atoms with Crippen molar-refractivity contribution in [3.8, 4) is 0 Å². The van der Waals surface area contributed by atoms with Crippen molar-refractivity contribution in [2.24, 2.45) is 5.73 Å². The number of rotatable bonds is 1. The van der Waals surface area contributed by atoms with Gasteiger partial charge < -0.3 is 5.73 Å². The van der Waals surface area contributed by atoms with Crippen molar-refractivity contribution in [3.63, 3.8) is 0 Å². The van der Waals surface area contributed by atoms with Crippen LogP contribution in [-0.2, 0) is 0 Å². The molecule has 0 aliphatic carbocycles. The second-order valence-corrected chi connectivity index (χ2v) is 2.39. The Morgan fingerprint density at radius 3 is 2.40 bits per heavy atom. The van der Waals surface area contributed by atoms with Gasteiger partial charge in [-0.2, -0.15) is 0 Å². The monoisotopic (exact) mass is 153 g/mol. The molecule has 0 atom stereocenters. The maximum absolute atomic E-state index is 5.27. The van der Waals surface area contributed by atoms with Gasteiger partial charge in [-0.25, -0.2) is 9.97 Å². The lowest BCUT2D eigenvalue weighted by atomic mass is 10.4. The molecule has 1 rings (SSSR count). The van der Waals surface area contributed by atoms with Crippen LogP contribution < -0.4 is 5.73 Å². The van der Waals surface area contributed by atoms with E-state index in [0.29, 0.717) is 5.82 Å². The molecule has 2 N–H and O–H groups in total.